The SMILES string of the molecule is Nc1c(Br)cc(CC(OC(=O)N2CCC(N3CCc4ccccc4NC3=O)CC2)C(=O)N2CCC(N3CCNCC3)CC2)cc1C(F)(F)F. The highest BCUT2D eigenvalue weighted by atomic mass is 79.9. The minimum absolute atomic E-state index is 0.0504. The van der Waals surface area contributed by atoms with Crippen LogP contribution in [0, 0.1) is 0 Å². The van der Waals surface area contributed by atoms with E-state index in [1.54, 1.807) is 4.90 Å². The zero-order chi connectivity index (χ0) is 34.7. The van der Waals surface area contributed by atoms with Crippen LogP contribution in [0.3, 0.4) is 0 Å². The number of nitrogens with two attached hydrogens (primary N) is 1. The molecule has 3 fully saturated rings. The number of piperazine rings is 1. The van der Waals surface area contributed by atoms with Crippen LogP contribution in [0.5, 0.6) is 0 Å². The molecule has 0 spiro atoms. The number of halogens is 4. The number of ether oxygens (including phenoxy) is 1. The highest BCUT2D eigenvalue weighted by Crippen LogP contribution is 2.38. The van der Waals surface area contributed by atoms with Crippen LogP contribution in [0.15, 0.2) is 40.9 Å². The van der Waals surface area contributed by atoms with Gasteiger partial charge >= 0.3 is 18.3 Å². The number of benzene rings is 2. The lowest BCUT2D eigenvalue weighted by atomic mass is 9.99. The first-order valence-electron chi connectivity index (χ1n) is 17.0. The number of likely N-dealkylation sites (tertiary alicyclic amines) is 2. The molecule has 2 aromatic rings. The van der Waals surface area contributed by atoms with E-state index in [0.29, 0.717) is 58.0 Å². The van der Waals surface area contributed by atoms with E-state index < -0.39 is 35.5 Å². The van der Waals surface area contributed by atoms with Gasteiger partial charge in [0.05, 0.1) is 11.3 Å². The lowest BCUT2D eigenvalue weighted by Crippen LogP contribution is -2.54. The summed E-state index contributed by atoms with van der Waals surface area (Å²) < 4.78 is 47.4. The van der Waals surface area contributed by atoms with Gasteiger partial charge in [0.25, 0.3) is 5.91 Å². The van der Waals surface area contributed by atoms with Crippen LogP contribution < -0.4 is 16.4 Å². The second-order valence-electron chi connectivity index (χ2n) is 13.2. The minimum atomic E-state index is -4.71. The number of hydrogen-bond acceptors (Lipinski definition) is 7. The van der Waals surface area contributed by atoms with E-state index in [2.05, 4.69) is 31.5 Å². The van der Waals surface area contributed by atoms with Gasteiger partial charge in [0.2, 0.25) is 0 Å². The largest absolute Gasteiger partial charge is 0.436 e. The molecule has 4 aliphatic rings. The number of hydrogen-bond donors (Lipinski definition) is 3. The third-order valence-corrected chi connectivity index (χ3v) is 10.8. The van der Waals surface area contributed by atoms with Gasteiger partial charge in [-0.05, 0) is 77.4 Å². The molecule has 6 rings (SSSR count). The van der Waals surface area contributed by atoms with E-state index in [1.165, 1.54) is 11.0 Å². The van der Waals surface area contributed by atoms with Gasteiger partial charge in [0.1, 0.15) is 0 Å². The number of fused-ring (bicyclic) bond motifs is 1. The molecule has 4 aliphatic heterocycles. The number of anilines is 2. The van der Waals surface area contributed by atoms with Gasteiger partial charge < -0.3 is 35.8 Å². The summed E-state index contributed by atoms with van der Waals surface area (Å²) in [5.41, 5.74) is 6.30. The summed E-state index contributed by atoms with van der Waals surface area (Å²) >= 11 is 3.13. The number of nitrogens with zero attached hydrogens (tertiary/aromatic N) is 4. The standard InChI is InChI=1S/C34H43BrF3N7O4/c35-27-20-22(19-26(30(27)39)34(36,37)38)21-29(31(46)43-12-6-24(7-13-43)42-17-10-40-11-18-42)49-33(48)44-14-8-25(9-15-44)45-16-5-23-3-1-2-4-28(23)41-32(45)47/h1-4,19-20,24-25,29,40H,5-18,21,39H2,(H,41,47). The summed E-state index contributed by atoms with van der Waals surface area (Å²) in [6, 6.07) is 10.1. The molecule has 1 atom stereocenters. The van der Waals surface area contributed by atoms with Gasteiger partial charge in [0.15, 0.2) is 6.10 Å². The zero-order valence-corrected chi connectivity index (χ0v) is 28.9. The first-order chi connectivity index (χ1) is 23.5. The molecule has 2 aromatic carbocycles. The number of alkyl halides is 3. The summed E-state index contributed by atoms with van der Waals surface area (Å²) in [4.78, 5) is 48.0. The fraction of sp³-hybridized carbons (Fsp3) is 0.559. The summed E-state index contributed by atoms with van der Waals surface area (Å²) in [6.07, 6.45) is -3.68. The lowest BCUT2D eigenvalue weighted by molar-refractivity contribution is -0.142. The number of carbonyl (C=O) groups is 3. The van der Waals surface area contributed by atoms with Gasteiger partial charge in [-0.25, -0.2) is 9.59 Å². The van der Waals surface area contributed by atoms with E-state index in [9.17, 15) is 27.6 Å². The zero-order valence-electron chi connectivity index (χ0n) is 27.3. The predicted molar refractivity (Wildman–Crippen MR) is 182 cm³/mol. The maximum atomic E-state index is 14.0. The fourth-order valence-corrected chi connectivity index (χ4v) is 7.92. The molecule has 4 heterocycles. The molecule has 266 valence electrons. The number of para-hydroxylation sites is 1. The van der Waals surface area contributed by atoms with Gasteiger partial charge in [-0.2, -0.15) is 13.2 Å². The van der Waals surface area contributed by atoms with Crippen molar-refractivity contribution < 1.29 is 32.3 Å². The van der Waals surface area contributed by atoms with E-state index in [-0.39, 0.29) is 28.5 Å². The van der Waals surface area contributed by atoms with Gasteiger partial charge in [-0.15, -0.1) is 0 Å². The molecule has 4 amide bonds. The molecule has 15 heteroatoms. The topological polar surface area (TPSA) is 123 Å². The smallest absolute Gasteiger partial charge is 0.418 e. The fourth-order valence-electron chi connectivity index (χ4n) is 7.42. The van der Waals surface area contributed by atoms with Crippen molar-refractivity contribution in [3.8, 4) is 0 Å². The van der Waals surface area contributed by atoms with Crippen molar-refractivity contribution in [3.63, 3.8) is 0 Å². The minimum Gasteiger partial charge on any atom is -0.436 e. The first-order valence-corrected chi connectivity index (χ1v) is 17.8. The summed E-state index contributed by atoms with van der Waals surface area (Å²) in [5, 5.41) is 6.34. The van der Waals surface area contributed by atoms with Crippen LogP contribution in [0.2, 0.25) is 0 Å². The van der Waals surface area contributed by atoms with Crippen LogP contribution in [0.25, 0.3) is 0 Å². The number of rotatable bonds is 6. The van der Waals surface area contributed by atoms with Crippen LogP contribution in [-0.4, -0.2) is 115 Å². The van der Waals surface area contributed by atoms with Crippen molar-refractivity contribution in [2.45, 2.75) is 62.9 Å². The second-order valence-corrected chi connectivity index (χ2v) is 14.1. The summed E-state index contributed by atoms with van der Waals surface area (Å²) in [7, 11) is 0. The van der Waals surface area contributed by atoms with E-state index in [0.717, 1.165) is 56.3 Å². The van der Waals surface area contributed by atoms with Crippen molar-refractivity contribution in [3.05, 3.63) is 57.6 Å². The molecule has 3 saturated heterocycles. The second kappa shape index (κ2) is 15.1. The molecule has 0 bridgehead atoms. The van der Waals surface area contributed by atoms with Crippen LogP contribution in [-0.2, 0) is 28.5 Å². The Hall–Kier alpha value is -3.56. The quantitative estimate of drug-likeness (QED) is 0.371. The highest BCUT2D eigenvalue weighted by Gasteiger charge is 2.38. The van der Waals surface area contributed by atoms with Crippen LogP contribution >= 0.6 is 15.9 Å². The molecule has 0 saturated carbocycles. The summed E-state index contributed by atoms with van der Waals surface area (Å²) in [6.45, 7) is 5.83. The molecule has 11 nitrogen and oxygen atoms in total. The first kappa shape index (κ1) is 35.3. The number of nitrogen functional groups attached to an aromatic ring is 1. The highest BCUT2D eigenvalue weighted by molar-refractivity contribution is 9.10. The van der Waals surface area contributed by atoms with E-state index in [4.69, 9.17) is 10.5 Å². The molecule has 1 unspecified atom stereocenters. The van der Waals surface area contributed by atoms with Crippen molar-refractivity contribution >= 4 is 45.3 Å². The predicted octanol–water partition coefficient (Wildman–Crippen LogP) is 4.55. The Morgan fingerprint density at radius 3 is 2.29 bits per heavy atom. The lowest BCUT2D eigenvalue weighted by Gasteiger charge is -2.41. The van der Waals surface area contributed by atoms with Crippen molar-refractivity contribution in [1.29, 1.82) is 0 Å². The molecule has 49 heavy (non-hydrogen) atoms. The van der Waals surface area contributed by atoms with Gasteiger partial charge in [-0.1, -0.05) is 18.2 Å². The van der Waals surface area contributed by atoms with Crippen LogP contribution in [0.4, 0.5) is 34.1 Å². The van der Waals surface area contributed by atoms with Crippen LogP contribution in [0.1, 0.15) is 42.4 Å². The average Bonchev–Trinajstić information content (AvgIpc) is 3.27. The molecule has 4 N–H and O–H groups in total. The third-order valence-electron chi connectivity index (χ3n) is 10.2. The Morgan fingerprint density at radius 2 is 1.59 bits per heavy atom. The molecule has 0 aromatic heterocycles. The van der Waals surface area contributed by atoms with Gasteiger partial charge in [0, 0.05) is 87.6 Å². The molecular formula is C34H43BrF3N7O4. The Balaban J connectivity index is 1.12. The molecule has 0 aliphatic carbocycles. The monoisotopic (exact) mass is 749 g/mol. The maximum absolute atomic E-state index is 14.0. The summed E-state index contributed by atoms with van der Waals surface area (Å²) in [5.74, 6) is -0.427. The Kier molecular flexibility index (Phi) is 10.9. The average molecular weight is 751 g/mol. The third kappa shape index (κ3) is 8.26. The molecule has 0 radical (unpaired) electrons. The van der Waals surface area contributed by atoms with Crippen molar-refractivity contribution in [2.24, 2.45) is 0 Å². The van der Waals surface area contributed by atoms with Crippen molar-refractivity contribution in [2.75, 3.05) is 70.0 Å². The number of piperidine rings is 2. The number of carbonyl (C=O) groups excluding carboxylic acids is 3. The van der Waals surface area contributed by atoms with E-state index >= 15 is 0 Å². The normalized spacial score (nSPS) is 20.7. The molecular weight excluding hydrogens is 707 g/mol. The maximum Gasteiger partial charge on any atom is 0.418 e. The van der Waals surface area contributed by atoms with Gasteiger partial charge in [-0.3, -0.25) is 9.69 Å². The van der Waals surface area contributed by atoms with Crippen molar-refractivity contribution in [1.82, 2.24) is 24.9 Å². The number of nitrogens with one attached hydrogen (secondary N) is 2. The Morgan fingerprint density at radius 1 is 0.939 bits per heavy atom. The Bertz CT molecular complexity index is 1520. The number of amides is 4. The number of urea groups is 1. The van der Waals surface area contributed by atoms with E-state index in [1.807, 2.05) is 29.2 Å². The Labute approximate surface area is 292 Å².